The third-order valence-electron chi connectivity index (χ3n) is 19.1. The van der Waals surface area contributed by atoms with Gasteiger partial charge in [-0.1, -0.05) is 237 Å². The van der Waals surface area contributed by atoms with Gasteiger partial charge in [-0.3, -0.25) is 4.79 Å². The van der Waals surface area contributed by atoms with Gasteiger partial charge in [0.05, 0.1) is 34.0 Å². The molecule has 1 fully saturated rings. The Morgan fingerprint density at radius 1 is 0.342 bits per heavy atom. The Kier molecular flexibility index (Phi) is 28.2. The van der Waals surface area contributed by atoms with Crippen LogP contribution in [0.25, 0.3) is 145 Å². The first-order valence-corrected chi connectivity index (χ1v) is 36.7. The molecule has 15 nitrogen and oxygen atoms in total. The molecule has 1 saturated heterocycles. The summed E-state index contributed by atoms with van der Waals surface area (Å²) in [6, 6.07) is 88.8. The second-order valence-electron chi connectivity index (χ2n) is 27.2. The van der Waals surface area contributed by atoms with Crippen molar-refractivity contribution in [1.82, 2.24) is 49.8 Å². The number of halogens is 2. The van der Waals surface area contributed by atoms with Gasteiger partial charge >= 0.3 is 145 Å². The van der Waals surface area contributed by atoms with Crippen LogP contribution in [0.4, 0.5) is 0 Å². The van der Waals surface area contributed by atoms with Crippen LogP contribution < -0.4 is 149 Å². The molecule has 0 atom stereocenters. The Bertz CT molecular complexity index is 5740. The number of aromatic nitrogens is 10. The number of fused-ring (bicyclic) bond motifs is 2. The first kappa shape index (κ1) is 82.3. The topological polar surface area (TPSA) is 197 Å². The summed E-state index contributed by atoms with van der Waals surface area (Å²) in [7, 11) is -0.323. The third kappa shape index (κ3) is 20.6. The molecule has 1 aliphatic heterocycles. The average Bonchev–Trinajstić information content (AvgIpc) is 1.54. The smallest absolute Gasteiger partial charge is 1.00 e. The SMILES string of the molecule is CC1(C)OB(c2ccc(-c3cncnc3)cc2)OC1(C)C.Cc1ccc(-c2cc(-c3ccc4ccccc4c3)nc(-c3cc(-c4ccc(-c5cncnc5)cc4)cc(-c4ccc(-c5cncnc5)cc4)c3)n2)cc1.Cc1ccc(-c2cc(-c3ccc4ccccc4c3)nc(-c3cc(Br)cc(Br)c3)n2)cc1.O=CO[O-].[Cs+].[Cs+].[H-]. The fraction of sp³-hybridized carbons (Fsp3) is 0.0879. The second-order valence-corrected chi connectivity index (χ2v) is 29.0. The van der Waals surface area contributed by atoms with Crippen molar-refractivity contribution in [1.29, 1.82) is 0 Å². The van der Waals surface area contributed by atoms with E-state index >= 15 is 0 Å². The molecule has 17 rings (SSSR count). The van der Waals surface area contributed by atoms with Crippen molar-refractivity contribution in [2.24, 2.45) is 0 Å². The molecule has 20 heteroatoms. The molecule has 534 valence electrons. The third-order valence-corrected chi connectivity index (χ3v) is 20.1. The number of rotatable bonds is 13. The van der Waals surface area contributed by atoms with Gasteiger partial charge in [0.2, 0.25) is 0 Å². The zero-order chi connectivity index (χ0) is 75.4. The molecule has 0 bridgehead atoms. The van der Waals surface area contributed by atoms with E-state index in [4.69, 9.17) is 39.3 Å². The second kappa shape index (κ2) is 38.1. The van der Waals surface area contributed by atoms with E-state index < -0.39 is 0 Å². The normalized spacial score (nSPS) is 12.3. The van der Waals surface area contributed by atoms with Gasteiger partial charge in [-0.2, -0.15) is 0 Å². The fourth-order valence-electron chi connectivity index (χ4n) is 12.5. The molecule has 6 heterocycles. The average molecular weight is 1820 g/mol. The van der Waals surface area contributed by atoms with E-state index in [1.165, 1.54) is 39.0 Å². The van der Waals surface area contributed by atoms with Gasteiger partial charge in [-0.15, -0.1) is 0 Å². The van der Waals surface area contributed by atoms with Crippen molar-refractivity contribution in [3.8, 4) is 123 Å². The maximum atomic E-state index is 8.64. The molecule has 0 radical (unpaired) electrons. The van der Waals surface area contributed by atoms with E-state index in [1.807, 2.05) is 67.3 Å². The van der Waals surface area contributed by atoms with Crippen LogP contribution in [0.3, 0.4) is 0 Å². The molecule has 1 aliphatic rings. The van der Waals surface area contributed by atoms with Crippen LogP contribution in [0, 0.1) is 13.8 Å². The molecule has 0 N–H and O–H groups in total. The zero-order valence-corrected chi connectivity index (χ0v) is 78.1. The monoisotopic (exact) mass is 1820 g/mol. The molecule has 0 unspecified atom stereocenters. The standard InChI is InChI=1S/C47H32N6.C27H18Br2N2.C16H19BN2O2.CH2O3.2Cs.H/c1-31-6-8-37(9-7-31)45-24-46(39-19-18-32-4-2-3-5-38(32)20-39)53-47(52-45)42-22-40(33-10-14-35(15-11-33)43-25-48-29-49-26-43)21-41(23-42)34-12-16-36(17-13-34)44-27-50-30-51-28-44;1-17-6-8-19(9-7-17)25-16-26(21-11-10-18-4-2-3-5-20(18)12-21)31-27(30-25)22-13-23(28)15-24(29)14-22;1-15(2)16(3,4)21-17(20-15)14-7-5-12(6-8-14)13-9-18-11-19-10-13;2-1-4-3;;;/h2-30H,1H3;2-16H,1H3;5-11H,1-4H3;1,3H;;;/q;;;;2*+1;-1/p-1. The first-order chi connectivity index (χ1) is 53.0. The minimum absolute atomic E-state index is 0. The van der Waals surface area contributed by atoms with Crippen molar-refractivity contribution < 1.29 is 163 Å². The van der Waals surface area contributed by atoms with E-state index in [-0.39, 0.29) is 164 Å². The van der Waals surface area contributed by atoms with Gasteiger partial charge in [-0.05, 0) is 168 Å². The summed E-state index contributed by atoms with van der Waals surface area (Å²) in [5, 5.41) is 13.2. The zero-order valence-electron chi connectivity index (χ0n) is 63.4. The van der Waals surface area contributed by atoms with E-state index in [2.05, 4.69) is 321 Å². The summed E-state index contributed by atoms with van der Waals surface area (Å²) in [5.41, 5.74) is 22.9. The van der Waals surface area contributed by atoms with Crippen LogP contribution in [0.15, 0.2) is 320 Å². The number of benzene rings is 11. The van der Waals surface area contributed by atoms with Gasteiger partial charge in [0.15, 0.2) is 11.6 Å². The summed E-state index contributed by atoms with van der Waals surface area (Å²) >= 11 is 7.17. The van der Waals surface area contributed by atoms with Gasteiger partial charge in [0.25, 0.3) is 6.47 Å². The fourth-order valence-corrected chi connectivity index (χ4v) is 13.8. The molecule has 5 aromatic heterocycles. The van der Waals surface area contributed by atoms with E-state index in [0.29, 0.717) is 11.6 Å². The van der Waals surface area contributed by atoms with Crippen LogP contribution in [0.1, 0.15) is 40.2 Å². The van der Waals surface area contributed by atoms with Gasteiger partial charge in [-0.25, -0.2) is 49.8 Å². The summed E-state index contributed by atoms with van der Waals surface area (Å²) in [6.45, 7) is 12.2. The first-order valence-electron chi connectivity index (χ1n) is 35.2. The predicted octanol–water partition coefficient (Wildman–Crippen LogP) is 14.6. The van der Waals surface area contributed by atoms with Gasteiger partial charge < -0.3 is 20.9 Å². The Morgan fingerprint density at radius 2 is 0.631 bits per heavy atom. The van der Waals surface area contributed by atoms with Crippen LogP contribution in [0.5, 0.6) is 0 Å². The van der Waals surface area contributed by atoms with Crippen LogP contribution in [-0.2, 0) is 19.0 Å². The number of carbonyl (C=O) groups is 1. The van der Waals surface area contributed by atoms with Crippen molar-refractivity contribution in [2.75, 3.05) is 0 Å². The summed E-state index contributed by atoms with van der Waals surface area (Å²) in [5.74, 6) is 1.36. The molecule has 111 heavy (non-hydrogen) atoms. The Morgan fingerprint density at radius 3 is 0.982 bits per heavy atom. The summed E-state index contributed by atoms with van der Waals surface area (Å²) in [6.07, 6.45) is 15.6. The molecular formula is C91H71BBr2Cs2N10O5. The number of hydrogen-bond acceptors (Lipinski definition) is 15. The Labute approximate surface area is 781 Å². The Balaban J connectivity index is 0.000000178. The van der Waals surface area contributed by atoms with Crippen molar-refractivity contribution >= 4 is 72.5 Å². The van der Waals surface area contributed by atoms with Crippen molar-refractivity contribution in [3.05, 3.63) is 331 Å². The number of aryl methyl sites for hydroxylation is 2. The molecular weight excluding hydrogens is 1750 g/mol. The summed E-state index contributed by atoms with van der Waals surface area (Å²) < 4.78 is 14.1. The maximum Gasteiger partial charge on any atom is 1.00 e. The molecule has 16 aromatic rings. The van der Waals surface area contributed by atoms with Crippen LogP contribution >= 0.6 is 31.9 Å². The minimum Gasteiger partial charge on any atom is -1.00 e. The van der Waals surface area contributed by atoms with Crippen molar-refractivity contribution in [2.45, 2.75) is 52.7 Å². The number of hydrogen-bond donors (Lipinski definition) is 0. The van der Waals surface area contributed by atoms with Gasteiger partial charge in [0.1, 0.15) is 19.0 Å². The summed E-state index contributed by atoms with van der Waals surface area (Å²) in [4.78, 5) is 56.5. The minimum atomic E-state index is -0.323. The van der Waals surface area contributed by atoms with Gasteiger partial charge in [0, 0.05) is 96.2 Å². The number of carbonyl (C=O) groups excluding carboxylic acids is 1. The largest absolute Gasteiger partial charge is 1.00 e. The maximum absolute atomic E-state index is 8.64. The van der Waals surface area contributed by atoms with E-state index in [1.54, 1.807) is 25.0 Å². The predicted molar refractivity (Wildman–Crippen MR) is 441 cm³/mol. The molecule has 0 aliphatic carbocycles. The van der Waals surface area contributed by atoms with Crippen LogP contribution in [0.2, 0.25) is 0 Å². The molecule has 11 aromatic carbocycles. The molecule has 0 spiro atoms. The quantitative estimate of drug-likeness (QED) is 0.0457. The molecule has 0 saturated carbocycles. The Hall–Kier alpha value is -8.18. The van der Waals surface area contributed by atoms with E-state index in [9.17, 15) is 0 Å². The van der Waals surface area contributed by atoms with E-state index in [0.717, 1.165) is 126 Å². The van der Waals surface area contributed by atoms with Crippen molar-refractivity contribution in [3.63, 3.8) is 0 Å². The number of nitrogens with zero attached hydrogens (tertiary/aromatic N) is 10. The molecule has 0 amide bonds. The van der Waals surface area contributed by atoms with Crippen LogP contribution in [-0.4, -0.2) is 74.6 Å².